The fraction of sp³-hybridized carbons (Fsp3) is 0.556. The van der Waals surface area contributed by atoms with E-state index in [0.717, 1.165) is 12.8 Å². The molecule has 0 aromatic heterocycles. The fourth-order valence-electron chi connectivity index (χ4n) is 0.648. The Balaban J connectivity index is 3.61. The first-order valence-corrected chi connectivity index (χ1v) is 3.98. The minimum Gasteiger partial charge on any atom is -0.251 e. The highest BCUT2D eigenvalue weighted by molar-refractivity contribution is 5.04. The minimum atomic E-state index is -0.170. The average Bonchev–Trinajstić information content (AvgIpc) is 2.05. The van der Waals surface area contributed by atoms with E-state index in [1.807, 2.05) is 31.2 Å². The van der Waals surface area contributed by atoms with Crippen molar-refractivity contribution < 1.29 is 10.1 Å². The normalized spacial score (nSPS) is 14.8. The summed E-state index contributed by atoms with van der Waals surface area (Å²) in [6, 6.07) is 0. The summed E-state index contributed by atoms with van der Waals surface area (Å²) in [5, 5.41) is 8.31. The van der Waals surface area contributed by atoms with Crippen LogP contribution in [-0.2, 0) is 4.89 Å². The molecule has 0 spiro atoms. The smallest absolute Gasteiger partial charge is 0.111 e. The standard InChI is InChI=1S/C9H16O2/c1-3-5-6-7-8-9(4-2)11-10/h5-10H,3-4H2,1-2H3/b6-5-,8-7+. The number of hydrogen-bond donors (Lipinski definition) is 1. The van der Waals surface area contributed by atoms with Crippen LogP contribution in [0.5, 0.6) is 0 Å². The van der Waals surface area contributed by atoms with Gasteiger partial charge in [0.05, 0.1) is 0 Å². The quantitative estimate of drug-likeness (QED) is 0.377. The Labute approximate surface area is 68.1 Å². The van der Waals surface area contributed by atoms with Gasteiger partial charge in [-0.2, -0.15) is 0 Å². The molecular formula is C9H16O2. The SMILES string of the molecule is CC/C=C\C=C\C(CC)OO. The summed E-state index contributed by atoms with van der Waals surface area (Å²) in [5.74, 6) is 0. The third-order valence-electron chi connectivity index (χ3n) is 1.35. The van der Waals surface area contributed by atoms with E-state index in [2.05, 4.69) is 11.8 Å². The van der Waals surface area contributed by atoms with Gasteiger partial charge in [0.15, 0.2) is 0 Å². The summed E-state index contributed by atoms with van der Waals surface area (Å²) < 4.78 is 0. The Kier molecular flexibility index (Phi) is 7.10. The summed E-state index contributed by atoms with van der Waals surface area (Å²) in [6.45, 7) is 4.03. The number of allylic oxidation sites excluding steroid dienone is 3. The molecule has 0 fully saturated rings. The van der Waals surface area contributed by atoms with Gasteiger partial charge in [0.2, 0.25) is 0 Å². The molecule has 0 saturated heterocycles. The Hall–Kier alpha value is -0.600. The van der Waals surface area contributed by atoms with E-state index in [1.54, 1.807) is 0 Å². The molecule has 64 valence electrons. The van der Waals surface area contributed by atoms with Crippen LogP contribution in [0.15, 0.2) is 24.3 Å². The molecule has 0 amide bonds. The van der Waals surface area contributed by atoms with Crippen molar-refractivity contribution in [3.05, 3.63) is 24.3 Å². The van der Waals surface area contributed by atoms with Gasteiger partial charge in [0.1, 0.15) is 6.10 Å². The molecule has 0 heterocycles. The Morgan fingerprint density at radius 1 is 1.36 bits per heavy atom. The molecule has 0 aromatic carbocycles. The molecule has 0 rings (SSSR count). The third kappa shape index (κ3) is 5.83. The van der Waals surface area contributed by atoms with E-state index in [1.165, 1.54) is 0 Å². The molecule has 0 aliphatic rings. The maximum absolute atomic E-state index is 8.31. The number of rotatable bonds is 5. The van der Waals surface area contributed by atoms with Gasteiger partial charge in [-0.1, -0.05) is 38.2 Å². The first-order valence-electron chi connectivity index (χ1n) is 3.98. The second-order valence-electron chi connectivity index (χ2n) is 2.27. The van der Waals surface area contributed by atoms with Crippen molar-refractivity contribution in [2.24, 2.45) is 0 Å². The molecule has 0 aliphatic heterocycles. The van der Waals surface area contributed by atoms with Gasteiger partial charge >= 0.3 is 0 Å². The Morgan fingerprint density at radius 2 is 2.09 bits per heavy atom. The van der Waals surface area contributed by atoms with E-state index >= 15 is 0 Å². The summed E-state index contributed by atoms with van der Waals surface area (Å²) in [7, 11) is 0. The zero-order chi connectivity index (χ0) is 8.53. The summed E-state index contributed by atoms with van der Waals surface area (Å²) in [4.78, 5) is 4.16. The van der Waals surface area contributed by atoms with Gasteiger partial charge in [-0.05, 0) is 12.8 Å². The predicted octanol–water partition coefficient (Wildman–Crippen LogP) is 2.78. The highest BCUT2D eigenvalue weighted by atomic mass is 17.1. The van der Waals surface area contributed by atoms with Crippen LogP contribution in [0.25, 0.3) is 0 Å². The largest absolute Gasteiger partial charge is 0.251 e. The van der Waals surface area contributed by atoms with Crippen LogP contribution < -0.4 is 0 Å². The van der Waals surface area contributed by atoms with Gasteiger partial charge in [0.25, 0.3) is 0 Å². The molecule has 2 nitrogen and oxygen atoms in total. The average molecular weight is 156 g/mol. The first kappa shape index (κ1) is 10.4. The van der Waals surface area contributed by atoms with Crippen LogP contribution in [0.1, 0.15) is 26.7 Å². The maximum atomic E-state index is 8.31. The first-order chi connectivity index (χ1) is 5.35. The van der Waals surface area contributed by atoms with Gasteiger partial charge in [-0.15, -0.1) is 0 Å². The van der Waals surface area contributed by atoms with Crippen LogP contribution in [0, 0.1) is 0 Å². The van der Waals surface area contributed by atoms with Gasteiger partial charge in [0, 0.05) is 0 Å². The molecule has 2 heteroatoms. The van der Waals surface area contributed by atoms with E-state index in [9.17, 15) is 0 Å². The highest BCUT2D eigenvalue weighted by Gasteiger charge is 1.96. The zero-order valence-electron chi connectivity index (χ0n) is 7.16. The molecule has 0 aromatic rings. The summed E-state index contributed by atoms with van der Waals surface area (Å²) in [6.07, 6.45) is 9.34. The Morgan fingerprint density at radius 3 is 2.55 bits per heavy atom. The second-order valence-corrected chi connectivity index (χ2v) is 2.27. The Bertz CT molecular complexity index is 124. The van der Waals surface area contributed by atoms with Gasteiger partial charge in [-0.3, -0.25) is 5.26 Å². The van der Waals surface area contributed by atoms with Gasteiger partial charge < -0.3 is 0 Å². The van der Waals surface area contributed by atoms with Crippen molar-refractivity contribution in [3.63, 3.8) is 0 Å². The lowest BCUT2D eigenvalue weighted by atomic mass is 10.2. The summed E-state index contributed by atoms with van der Waals surface area (Å²) >= 11 is 0. The van der Waals surface area contributed by atoms with Crippen LogP contribution in [0.4, 0.5) is 0 Å². The molecule has 0 aliphatic carbocycles. The van der Waals surface area contributed by atoms with Crippen molar-refractivity contribution in [2.75, 3.05) is 0 Å². The molecule has 1 unspecified atom stereocenters. The molecule has 1 atom stereocenters. The van der Waals surface area contributed by atoms with Crippen LogP contribution >= 0.6 is 0 Å². The molecule has 0 radical (unpaired) electrons. The lowest BCUT2D eigenvalue weighted by molar-refractivity contribution is -0.266. The van der Waals surface area contributed by atoms with Crippen LogP contribution in [-0.4, -0.2) is 11.4 Å². The van der Waals surface area contributed by atoms with Crippen LogP contribution in [0.3, 0.4) is 0 Å². The molecule has 0 bridgehead atoms. The van der Waals surface area contributed by atoms with Crippen molar-refractivity contribution in [1.29, 1.82) is 0 Å². The van der Waals surface area contributed by atoms with Crippen molar-refractivity contribution in [1.82, 2.24) is 0 Å². The second kappa shape index (κ2) is 7.51. The van der Waals surface area contributed by atoms with Crippen LogP contribution in [0.2, 0.25) is 0 Å². The van der Waals surface area contributed by atoms with E-state index in [4.69, 9.17) is 5.26 Å². The summed E-state index contributed by atoms with van der Waals surface area (Å²) in [5.41, 5.74) is 0. The van der Waals surface area contributed by atoms with Crippen molar-refractivity contribution in [2.45, 2.75) is 32.8 Å². The minimum absolute atomic E-state index is 0.170. The fourth-order valence-corrected chi connectivity index (χ4v) is 0.648. The highest BCUT2D eigenvalue weighted by Crippen LogP contribution is 1.97. The monoisotopic (exact) mass is 156 g/mol. The molecule has 1 N–H and O–H groups in total. The predicted molar refractivity (Wildman–Crippen MR) is 46.4 cm³/mol. The van der Waals surface area contributed by atoms with Gasteiger partial charge in [-0.25, -0.2) is 4.89 Å². The lowest BCUT2D eigenvalue weighted by Gasteiger charge is -2.02. The maximum Gasteiger partial charge on any atom is 0.111 e. The molecule has 0 saturated carbocycles. The zero-order valence-corrected chi connectivity index (χ0v) is 7.16. The van der Waals surface area contributed by atoms with Crippen molar-refractivity contribution in [3.8, 4) is 0 Å². The lowest BCUT2D eigenvalue weighted by Crippen LogP contribution is -2.03. The van der Waals surface area contributed by atoms with E-state index in [0.29, 0.717) is 0 Å². The molecule has 11 heavy (non-hydrogen) atoms. The molecular weight excluding hydrogens is 140 g/mol. The third-order valence-corrected chi connectivity index (χ3v) is 1.35. The van der Waals surface area contributed by atoms with E-state index < -0.39 is 0 Å². The van der Waals surface area contributed by atoms with Crippen molar-refractivity contribution >= 4 is 0 Å². The van der Waals surface area contributed by atoms with E-state index in [-0.39, 0.29) is 6.10 Å². The number of hydrogen-bond acceptors (Lipinski definition) is 2. The topological polar surface area (TPSA) is 29.5 Å².